The Morgan fingerprint density at radius 1 is 1.21 bits per heavy atom. The number of pyridine rings is 1. The maximum absolute atomic E-state index is 5.70. The van der Waals surface area contributed by atoms with Gasteiger partial charge in [-0.1, -0.05) is 25.3 Å². The Bertz CT molecular complexity index is 382. The second kappa shape index (κ2) is 6.49. The maximum Gasteiger partial charge on any atom is 0.0887 e. The molecule has 3 rings (SSSR count). The topological polar surface area (TPSA) is 34.1 Å². The van der Waals surface area contributed by atoms with Gasteiger partial charge in [-0.15, -0.1) is 0 Å². The van der Waals surface area contributed by atoms with E-state index < -0.39 is 0 Å². The second-order valence-electron chi connectivity index (χ2n) is 5.95. The van der Waals surface area contributed by atoms with E-state index in [1.165, 1.54) is 44.1 Å². The lowest BCUT2D eigenvalue weighted by atomic mass is 9.83. The number of nitrogens with one attached hydrogen (secondary N) is 1. The predicted molar refractivity (Wildman–Crippen MR) is 75.7 cm³/mol. The molecule has 0 amide bonds. The van der Waals surface area contributed by atoms with Crippen molar-refractivity contribution < 1.29 is 4.74 Å². The standard InChI is InChI=1S/C16H24N2O/c1-2-13(3-1)8-9-19-12-16-5-4-14(11-18-16)10-17-15-6-7-15/h4-5,11,13,15,17H,1-3,6-10,12H2. The molecular formula is C16H24N2O. The fourth-order valence-electron chi connectivity index (χ4n) is 2.40. The first-order valence-electron chi connectivity index (χ1n) is 7.65. The normalized spacial score (nSPS) is 19.4. The van der Waals surface area contributed by atoms with Crippen LogP contribution < -0.4 is 5.32 Å². The van der Waals surface area contributed by atoms with E-state index in [9.17, 15) is 0 Å². The lowest BCUT2D eigenvalue weighted by Gasteiger charge is -2.24. The first-order chi connectivity index (χ1) is 9.40. The number of ether oxygens (including phenoxy) is 1. The van der Waals surface area contributed by atoms with Crippen LogP contribution >= 0.6 is 0 Å². The van der Waals surface area contributed by atoms with Crippen molar-refractivity contribution in [3.8, 4) is 0 Å². The van der Waals surface area contributed by atoms with E-state index in [1.54, 1.807) is 0 Å². The molecule has 19 heavy (non-hydrogen) atoms. The molecule has 104 valence electrons. The van der Waals surface area contributed by atoms with Gasteiger partial charge in [-0.2, -0.15) is 0 Å². The summed E-state index contributed by atoms with van der Waals surface area (Å²) in [4.78, 5) is 4.46. The highest BCUT2D eigenvalue weighted by atomic mass is 16.5. The molecule has 0 bridgehead atoms. The predicted octanol–water partition coefficient (Wildman–Crippen LogP) is 3.04. The zero-order valence-corrected chi connectivity index (χ0v) is 11.6. The molecule has 0 aliphatic heterocycles. The Labute approximate surface area is 115 Å². The van der Waals surface area contributed by atoms with E-state index in [0.29, 0.717) is 6.61 Å². The van der Waals surface area contributed by atoms with Gasteiger partial charge in [0.05, 0.1) is 12.3 Å². The SMILES string of the molecule is c1cc(COCCC2CCC2)ncc1CNC1CC1. The van der Waals surface area contributed by atoms with Crippen LogP contribution in [0.2, 0.25) is 0 Å². The quantitative estimate of drug-likeness (QED) is 0.729. The monoisotopic (exact) mass is 260 g/mol. The fourth-order valence-corrected chi connectivity index (χ4v) is 2.40. The van der Waals surface area contributed by atoms with Crippen LogP contribution in [-0.2, 0) is 17.9 Å². The average Bonchev–Trinajstić information content (AvgIpc) is 3.19. The molecule has 0 atom stereocenters. The van der Waals surface area contributed by atoms with Crippen molar-refractivity contribution in [3.63, 3.8) is 0 Å². The fraction of sp³-hybridized carbons (Fsp3) is 0.688. The number of rotatable bonds is 8. The van der Waals surface area contributed by atoms with E-state index in [4.69, 9.17) is 4.74 Å². The van der Waals surface area contributed by atoms with Crippen molar-refractivity contribution in [1.29, 1.82) is 0 Å². The van der Waals surface area contributed by atoms with Gasteiger partial charge in [-0.3, -0.25) is 4.98 Å². The van der Waals surface area contributed by atoms with Gasteiger partial charge in [-0.05, 0) is 36.8 Å². The van der Waals surface area contributed by atoms with Crippen LogP contribution in [0.15, 0.2) is 18.3 Å². The van der Waals surface area contributed by atoms with Crippen molar-refractivity contribution in [1.82, 2.24) is 10.3 Å². The first-order valence-corrected chi connectivity index (χ1v) is 7.65. The maximum atomic E-state index is 5.70. The molecular weight excluding hydrogens is 236 g/mol. The van der Waals surface area contributed by atoms with Crippen molar-refractivity contribution >= 4 is 0 Å². The minimum absolute atomic E-state index is 0.656. The molecule has 0 spiro atoms. The van der Waals surface area contributed by atoms with E-state index in [-0.39, 0.29) is 0 Å². The third kappa shape index (κ3) is 4.29. The zero-order chi connectivity index (χ0) is 12.9. The highest BCUT2D eigenvalue weighted by molar-refractivity contribution is 5.13. The van der Waals surface area contributed by atoms with Crippen molar-refractivity contribution in [2.24, 2.45) is 5.92 Å². The molecule has 3 nitrogen and oxygen atoms in total. The Morgan fingerprint density at radius 3 is 2.74 bits per heavy atom. The van der Waals surface area contributed by atoms with Crippen molar-refractivity contribution in [2.75, 3.05) is 6.61 Å². The summed E-state index contributed by atoms with van der Waals surface area (Å²) in [6.07, 6.45) is 10.1. The average molecular weight is 260 g/mol. The van der Waals surface area contributed by atoms with E-state index in [2.05, 4.69) is 22.4 Å². The van der Waals surface area contributed by atoms with Gasteiger partial charge in [0.2, 0.25) is 0 Å². The highest BCUT2D eigenvalue weighted by Crippen LogP contribution is 2.29. The molecule has 2 aliphatic carbocycles. The molecule has 1 aromatic rings. The largest absolute Gasteiger partial charge is 0.375 e. The number of hydrogen-bond donors (Lipinski definition) is 1. The molecule has 0 aromatic carbocycles. The van der Waals surface area contributed by atoms with Crippen LogP contribution in [0.5, 0.6) is 0 Å². The smallest absolute Gasteiger partial charge is 0.0887 e. The minimum atomic E-state index is 0.656. The molecule has 0 saturated heterocycles. The molecule has 2 saturated carbocycles. The lowest BCUT2D eigenvalue weighted by Crippen LogP contribution is -2.15. The van der Waals surface area contributed by atoms with Crippen LogP contribution in [0.3, 0.4) is 0 Å². The van der Waals surface area contributed by atoms with Gasteiger partial charge in [-0.25, -0.2) is 0 Å². The molecule has 1 aromatic heterocycles. The van der Waals surface area contributed by atoms with Crippen LogP contribution in [-0.4, -0.2) is 17.6 Å². The summed E-state index contributed by atoms with van der Waals surface area (Å²) in [5.74, 6) is 0.934. The summed E-state index contributed by atoms with van der Waals surface area (Å²) in [5, 5.41) is 3.50. The van der Waals surface area contributed by atoms with Gasteiger partial charge in [0.25, 0.3) is 0 Å². The molecule has 1 N–H and O–H groups in total. The van der Waals surface area contributed by atoms with Gasteiger partial charge in [0.15, 0.2) is 0 Å². The molecule has 0 unspecified atom stereocenters. The molecule has 0 radical (unpaired) electrons. The van der Waals surface area contributed by atoms with Gasteiger partial charge >= 0.3 is 0 Å². The van der Waals surface area contributed by atoms with Gasteiger partial charge in [0.1, 0.15) is 0 Å². The van der Waals surface area contributed by atoms with Crippen LogP contribution in [0.25, 0.3) is 0 Å². The summed E-state index contributed by atoms with van der Waals surface area (Å²) in [5.41, 5.74) is 2.31. The van der Waals surface area contributed by atoms with E-state index >= 15 is 0 Å². The Morgan fingerprint density at radius 2 is 2.11 bits per heavy atom. The Kier molecular flexibility index (Phi) is 4.46. The summed E-state index contributed by atoms with van der Waals surface area (Å²) in [6, 6.07) is 5.01. The van der Waals surface area contributed by atoms with E-state index in [0.717, 1.165) is 30.8 Å². The number of aromatic nitrogens is 1. The van der Waals surface area contributed by atoms with Crippen LogP contribution in [0.4, 0.5) is 0 Å². The zero-order valence-electron chi connectivity index (χ0n) is 11.6. The van der Waals surface area contributed by atoms with Crippen LogP contribution in [0.1, 0.15) is 49.8 Å². The van der Waals surface area contributed by atoms with E-state index in [1.807, 2.05) is 6.20 Å². The summed E-state index contributed by atoms with van der Waals surface area (Å²) < 4.78 is 5.70. The molecule has 1 heterocycles. The highest BCUT2D eigenvalue weighted by Gasteiger charge is 2.19. The van der Waals surface area contributed by atoms with Gasteiger partial charge < -0.3 is 10.1 Å². The molecule has 2 fully saturated rings. The number of hydrogen-bond acceptors (Lipinski definition) is 3. The third-order valence-corrected chi connectivity index (χ3v) is 4.20. The first kappa shape index (κ1) is 13.1. The second-order valence-corrected chi connectivity index (χ2v) is 5.95. The number of nitrogens with zero attached hydrogens (tertiary/aromatic N) is 1. The Balaban J connectivity index is 1.33. The lowest BCUT2D eigenvalue weighted by molar-refractivity contribution is 0.0929. The van der Waals surface area contributed by atoms with Crippen molar-refractivity contribution in [3.05, 3.63) is 29.6 Å². The third-order valence-electron chi connectivity index (χ3n) is 4.20. The molecule has 3 heteroatoms. The molecule has 2 aliphatic rings. The van der Waals surface area contributed by atoms with Crippen LogP contribution in [0, 0.1) is 5.92 Å². The minimum Gasteiger partial charge on any atom is -0.375 e. The Hall–Kier alpha value is -0.930. The summed E-state index contributed by atoms with van der Waals surface area (Å²) in [6.45, 7) is 2.49. The summed E-state index contributed by atoms with van der Waals surface area (Å²) in [7, 11) is 0. The summed E-state index contributed by atoms with van der Waals surface area (Å²) >= 11 is 0. The van der Waals surface area contributed by atoms with Gasteiger partial charge in [0, 0.05) is 25.4 Å². The van der Waals surface area contributed by atoms with Crippen molar-refractivity contribution in [2.45, 2.75) is 57.7 Å².